The van der Waals surface area contributed by atoms with Crippen LogP contribution in [0.1, 0.15) is 5.56 Å². The Hall–Kier alpha value is -9.23. The number of anilines is 15. The van der Waals surface area contributed by atoms with Gasteiger partial charge in [-0.15, -0.1) is 0 Å². The summed E-state index contributed by atoms with van der Waals surface area (Å²) in [7, 11) is 0. The summed E-state index contributed by atoms with van der Waals surface area (Å²) >= 11 is 2.04. The van der Waals surface area contributed by atoms with Gasteiger partial charge < -0.3 is 24.5 Å². The van der Waals surface area contributed by atoms with Gasteiger partial charge >= 0.3 is 0 Å². The molecule has 8 heteroatoms. The average Bonchev–Trinajstić information content (AvgIpc) is 4.08. The van der Waals surface area contributed by atoms with Gasteiger partial charge in [0, 0.05) is 66.4 Å². The minimum atomic E-state index is -0.0655. The van der Waals surface area contributed by atoms with Crippen molar-refractivity contribution in [1.82, 2.24) is 0 Å². The van der Waals surface area contributed by atoms with Crippen molar-refractivity contribution in [2.75, 3.05) is 24.5 Å². The summed E-state index contributed by atoms with van der Waals surface area (Å²) in [5.41, 5.74) is 24.4. The molecule has 11 aromatic carbocycles. The van der Waals surface area contributed by atoms with Gasteiger partial charge in [0.05, 0.1) is 28.4 Å². The summed E-state index contributed by atoms with van der Waals surface area (Å²) in [4.78, 5) is 12.9. The molecule has 0 fully saturated rings. The van der Waals surface area contributed by atoms with E-state index in [0.29, 0.717) is 0 Å². The zero-order chi connectivity index (χ0) is 49.0. The number of benzene rings is 11. The van der Waals surface area contributed by atoms with E-state index in [9.17, 15) is 0 Å². The van der Waals surface area contributed by atoms with Gasteiger partial charge in [0.1, 0.15) is 0 Å². The van der Waals surface area contributed by atoms with Crippen LogP contribution in [0.15, 0.2) is 243 Å². The molecule has 0 saturated heterocycles. The fourth-order valence-electron chi connectivity index (χ4n) is 13.5. The Morgan fingerprint density at radius 3 is 1.13 bits per heavy atom. The highest BCUT2D eigenvalue weighted by molar-refractivity contribution is 7.39. The molecule has 0 spiro atoms. The van der Waals surface area contributed by atoms with Crippen LogP contribution in [0.3, 0.4) is 0 Å². The number of fused-ring (bicyclic) bond motifs is 13. The first-order valence-electron chi connectivity index (χ1n) is 26.0. The summed E-state index contributed by atoms with van der Waals surface area (Å²) < 4.78 is 2.77. The van der Waals surface area contributed by atoms with Crippen LogP contribution in [-0.4, -0.2) is 13.4 Å². The van der Waals surface area contributed by atoms with Crippen molar-refractivity contribution in [2.45, 2.75) is 6.92 Å². The molecule has 5 aliphatic rings. The van der Waals surface area contributed by atoms with E-state index in [4.69, 9.17) is 0 Å². The maximum atomic E-state index is 2.67. The van der Waals surface area contributed by atoms with E-state index < -0.39 is 0 Å². The lowest BCUT2D eigenvalue weighted by Gasteiger charge is -2.49. The quantitative estimate of drug-likeness (QED) is 0.159. The first-order valence-corrected chi connectivity index (χ1v) is 26.8. The summed E-state index contributed by atoms with van der Waals surface area (Å²) in [6, 6.07) is 90.6. The predicted molar refractivity (Wildman–Crippen MR) is 320 cm³/mol. The van der Waals surface area contributed by atoms with E-state index in [1.54, 1.807) is 0 Å². The largest absolute Gasteiger partial charge is 0.311 e. The minimum Gasteiger partial charge on any atom is -0.311 e. The molecule has 0 unspecified atom stereocenters. The lowest BCUT2D eigenvalue weighted by atomic mass is 9.35. The van der Waals surface area contributed by atoms with Crippen LogP contribution < -0.4 is 55.9 Å². The second kappa shape index (κ2) is 15.4. The predicted octanol–water partition coefficient (Wildman–Crippen LogP) is 14.3. The Morgan fingerprint density at radius 2 is 0.680 bits per heavy atom. The molecule has 0 bridgehead atoms. The molecule has 75 heavy (non-hydrogen) atoms. The molecule has 0 radical (unpaired) electrons. The lowest BCUT2D eigenvalue weighted by molar-refractivity contribution is 1.17. The molecule has 17 rings (SSSR count). The fraction of sp³-hybridized carbons (Fsp3) is 0.0149. The molecule has 0 atom stereocenters. The van der Waals surface area contributed by atoms with Crippen LogP contribution in [0.25, 0.3) is 21.5 Å². The summed E-state index contributed by atoms with van der Waals surface area (Å²) in [6.45, 7) is 2.19. The number of nitrogens with zero attached hydrogens (tertiary/aromatic N) is 5. The second-order valence-corrected chi connectivity index (χ2v) is 21.6. The molecule has 348 valence electrons. The van der Waals surface area contributed by atoms with Crippen molar-refractivity contribution in [3.63, 3.8) is 0 Å². The number of thiophene rings is 1. The number of hydrogen-bond donors (Lipinski definition) is 0. The van der Waals surface area contributed by atoms with Crippen LogP contribution in [0, 0.1) is 6.92 Å². The molecular weight excluding hydrogens is 928 g/mol. The van der Waals surface area contributed by atoms with E-state index in [2.05, 4.69) is 274 Å². The van der Waals surface area contributed by atoms with E-state index in [1.807, 2.05) is 11.3 Å². The number of rotatable bonds is 5. The van der Waals surface area contributed by atoms with Crippen LogP contribution >= 0.6 is 11.3 Å². The van der Waals surface area contributed by atoms with Gasteiger partial charge in [-0.2, -0.15) is 11.3 Å². The zero-order valence-electron chi connectivity index (χ0n) is 40.9. The SMILES string of the molecule is Cc1cc2c3c(c1)N1c4ccccc4N4c5cc(N(c6ccccc6)c6ccccc6)cc6c5B(c5cc7ccccc7cc5N6c5ccccc5)c5sc(c1c54)B3c1cc3ccccc3cc1N2c1ccccc1. The van der Waals surface area contributed by atoms with Gasteiger partial charge in [-0.1, -0.05) is 146 Å². The Bertz CT molecular complexity index is 4330. The topological polar surface area (TPSA) is 16.2 Å². The lowest BCUT2D eigenvalue weighted by Crippen LogP contribution is -2.61. The number of para-hydroxylation sites is 6. The van der Waals surface area contributed by atoms with Crippen LogP contribution in [0.2, 0.25) is 0 Å². The standard InChI is InChI=1S/C67H43B2N5S/c1-42-34-58-62-59(35-42)73-54-32-18-19-33-55(54)74-61-41-51(70(47-24-6-2-7-25-47)48-26-8-3-9-27-48)40-60-63(61)69(53-37-44-21-15-17-23-46(44)39-57(53)72(60)50-30-12-5-13-31-50)67-65(74)64(73)66(75-67)68(62)52-36-43-20-14-16-22-45(43)38-56(52)71(58)49-28-10-4-11-29-49/h2-41H,1H3. The van der Waals surface area contributed by atoms with Crippen molar-refractivity contribution in [3.05, 3.63) is 248 Å². The van der Waals surface area contributed by atoms with E-state index in [-0.39, 0.29) is 13.4 Å². The third-order valence-corrected chi connectivity index (χ3v) is 17.7. The van der Waals surface area contributed by atoms with E-state index in [0.717, 1.165) is 28.4 Å². The first kappa shape index (κ1) is 41.3. The molecule has 5 nitrogen and oxygen atoms in total. The van der Waals surface area contributed by atoms with Crippen molar-refractivity contribution in [3.8, 4) is 0 Å². The Labute approximate surface area is 440 Å². The maximum Gasteiger partial charge on any atom is 0.264 e. The van der Waals surface area contributed by atoms with Crippen LogP contribution in [0.5, 0.6) is 0 Å². The molecule has 1 aromatic heterocycles. The van der Waals surface area contributed by atoms with Crippen molar-refractivity contribution >= 4 is 163 Å². The Balaban J connectivity index is 1.02. The fourth-order valence-corrected chi connectivity index (χ4v) is 15.0. The smallest absolute Gasteiger partial charge is 0.264 e. The van der Waals surface area contributed by atoms with Gasteiger partial charge in [0.2, 0.25) is 0 Å². The molecule has 5 aliphatic heterocycles. The van der Waals surface area contributed by atoms with Gasteiger partial charge in [-0.25, -0.2) is 0 Å². The van der Waals surface area contributed by atoms with Gasteiger partial charge in [0.25, 0.3) is 13.4 Å². The Kier molecular flexibility index (Phi) is 8.47. The molecular formula is C67H43B2N5S. The third-order valence-electron chi connectivity index (χ3n) is 16.4. The second-order valence-electron chi connectivity index (χ2n) is 20.5. The molecule has 0 aliphatic carbocycles. The Morgan fingerprint density at radius 1 is 0.320 bits per heavy atom. The molecule has 0 saturated carbocycles. The van der Waals surface area contributed by atoms with Crippen molar-refractivity contribution < 1.29 is 0 Å². The normalized spacial score (nSPS) is 13.8. The minimum absolute atomic E-state index is 0.0191. The highest BCUT2D eigenvalue weighted by Gasteiger charge is 2.54. The average molecular weight is 972 g/mol. The summed E-state index contributed by atoms with van der Waals surface area (Å²) in [6.07, 6.45) is 0. The van der Waals surface area contributed by atoms with Gasteiger partial charge in [0.15, 0.2) is 0 Å². The highest BCUT2D eigenvalue weighted by atomic mass is 32.1. The highest BCUT2D eigenvalue weighted by Crippen LogP contribution is 2.59. The number of hydrogen-bond acceptors (Lipinski definition) is 6. The van der Waals surface area contributed by atoms with E-state index in [1.165, 1.54) is 115 Å². The van der Waals surface area contributed by atoms with E-state index >= 15 is 0 Å². The van der Waals surface area contributed by atoms with Gasteiger partial charge in [-0.05, 0) is 153 Å². The molecule has 6 heterocycles. The van der Waals surface area contributed by atoms with Gasteiger partial charge in [-0.3, -0.25) is 0 Å². The molecule has 12 aromatic rings. The summed E-state index contributed by atoms with van der Waals surface area (Å²) in [5, 5.41) is 4.97. The van der Waals surface area contributed by atoms with Crippen LogP contribution in [0.4, 0.5) is 85.3 Å². The summed E-state index contributed by atoms with van der Waals surface area (Å²) in [5.74, 6) is 0. The number of aryl methyl sites for hydroxylation is 1. The zero-order valence-corrected chi connectivity index (χ0v) is 41.7. The molecule has 0 N–H and O–H groups in total. The van der Waals surface area contributed by atoms with Crippen molar-refractivity contribution in [1.29, 1.82) is 0 Å². The molecule has 0 amide bonds. The monoisotopic (exact) mass is 971 g/mol. The van der Waals surface area contributed by atoms with Crippen molar-refractivity contribution in [2.24, 2.45) is 0 Å². The third kappa shape index (κ3) is 5.69. The first-order chi connectivity index (χ1) is 37.1. The van der Waals surface area contributed by atoms with Crippen LogP contribution in [-0.2, 0) is 0 Å². The maximum absolute atomic E-state index is 2.67.